The average molecular weight is 349 g/mol. The number of nitrogens with zero attached hydrogens (tertiary/aromatic N) is 2. The SMILES string of the molecule is CCc1c(C(=O)NCC(O)c2ccccc2C)cnn1-c1ccccc1. The average Bonchev–Trinajstić information content (AvgIpc) is 3.11. The van der Waals surface area contributed by atoms with Crippen LogP contribution in [0.15, 0.2) is 60.8 Å². The summed E-state index contributed by atoms with van der Waals surface area (Å²) in [4.78, 5) is 12.6. The largest absolute Gasteiger partial charge is 0.387 e. The van der Waals surface area contributed by atoms with Crippen LogP contribution in [-0.2, 0) is 6.42 Å². The molecule has 3 rings (SSSR count). The zero-order valence-corrected chi connectivity index (χ0v) is 15.0. The fourth-order valence-corrected chi connectivity index (χ4v) is 3.05. The summed E-state index contributed by atoms with van der Waals surface area (Å²) in [5.74, 6) is -0.225. The molecular weight excluding hydrogens is 326 g/mol. The van der Waals surface area contributed by atoms with Crippen LogP contribution in [0.25, 0.3) is 5.69 Å². The van der Waals surface area contributed by atoms with Gasteiger partial charge in [0.15, 0.2) is 0 Å². The first-order valence-corrected chi connectivity index (χ1v) is 8.76. The lowest BCUT2D eigenvalue weighted by Gasteiger charge is -2.14. The molecule has 0 fully saturated rings. The van der Waals surface area contributed by atoms with E-state index >= 15 is 0 Å². The van der Waals surface area contributed by atoms with Gasteiger partial charge in [-0.3, -0.25) is 4.79 Å². The smallest absolute Gasteiger partial charge is 0.254 e. The van der Waals surface area contributed by atoms with E-state index in [0.29, 0.717) is 12.0 Å². The molecule has 0 radical (unpaired) electrons. The number of carbonyl (C=O) groups is 1. The highest BCUT2D eigenvalue weighted by atomic mass is 16.3. The Labute approximate surface area is 153 Å². The third-order valence-electron chi connectivity index (χ3n) is 4.45. The Kier molecular flexibility index (Phi) is 5.49. The minimum absolute atomic E-state index is 0.156. The number of nitrogens with one attached hydrogen (secondary N) is 1. The van der Waals surface area contributed by atoms with Crippen molar-refractivity contribution < 1.29 is 9.90 Å². The number of rotatable bonds is 6. The van der Waals surface area contributed by atoms with Crippen molar-refractivity contribution >= 4 is 5.91 Å². The van der Waals surface area contributed by atoms with Gasteiger partial charge < -0.3 is 10.4 Å². The molecule has 0 aliphatic heterocycles. The summed E-state index contributed by atoms with van der Waals surface area (Å²) in [6.45, 7) is 4.10. The number of hydrogen-bond acceptors (Lipinski definition) is 3. The highest BCUT2D eigenvalue weighted by molar-refractivity contribution is 5.95. The quantitative estimate of drug-likeness (QED) is 0.718. The fraction of sp³-hybridized carbons (Fsp3) is 0.238. The van der Waals surface area contributed by atoms with Crippen molar-refractivity contribution in [3.63, 3.8) is 0 Å². The first kappa shape index (κ1) is 17.9. The highest BCUT2D eigenvalue weighted by Gasteiger charge is 2.18. The van der Waals surface area contributed by atoms with Crippen molar-refractivity contribution in [2.75, 3.05) is 6.54 Å². The van der Waals surface area contributed by atoms with E-state index in [4.69, 9.17) is 0 Å². The van der Waals surface area contributed by atoms with Gasteiger partial charge >= 0.3 is 0 Å². The molecule has 0 saturated carbocycles. The third kappa shape index (κ3) is 3.68. The maximum atomic E-state index is 12.6. The van der Waals surface area contributed by atoms with Crippen LogP contribution in [0, 0.1) is 6.92 Å². The van der Waals surface area contributed by atoms with Gasteiger partial charge in [-0.05, 0) is 36.6 Å². The first-order valence-electron chi connectivity index (χ1n) is 8.76. The van der Waals surface area contributed by atoms with E-state index in [-0.39, 0.29) is 12.5 Å². The van der Waals surface area contributed by atoms with Crippen LogP contribution in [0.2, 0.25) is 0 Å². The third-order valence-corrected chi connectivity index (χ3v) is 4.45. The van der Waals surface area contributed by atoms with Gasteiger partial charge in [0.2, 0.25) is 0 Å². The number of carbonyl (C=O) groups excluding carboxylic acids is 1. The highest BCUT2D eigenvalue weighted by Crippen LogP contribution is 2.18. The molecule has 0 saturated heterocycles. The molecule has 134 valence electrons. The van der Waals surface area contributed by atoms with E-state index in [1.165, 1.54) is 0 Å². The summed E-state index contributed by atoms with van der Waals surface area (Å²) < 4.78 is 1.78. The zero-order valence-electron chi connectivity index (χ0n) is 15.0. The second kappa shape index (κ2) is 7.97. The van der Waals surface area contributed by atoms with Crippen molar-refractivity contribution in [2.45, 2.75) is 26.4 Å². The molecule has 1 atom stereocenters. The Hall–Kier alpha value is -2.92. The molecule has 2 N–H and O–H groups in total. The van der Waals surface area contributed by atoms with Crippen LogP contribution < -0.4 is 5.32 Å². The Morgan fingerprint density at radius 3 is 2.54 bits per heavy atom. The van der Waals surface area contributed by atoms with Gasteiger partial charge in [-0.2, -0.15) is 5.10 Å². The van der Waals surface area contributed by atoms with Gasteiger partial charge in [0.1, 0.15) is 0 Å². The molecule has 5 heteroatoms. The normalized spacial score (nSPS) is 12.0. The van der Waals surface area contributed by atoms with Gasteiger partial charge in [-0.1, -0.05) is 49.4 Å². The predicted octanol–water partition coefficient (Wildman–Crippen LogP) is 3.21. The number of para-hydroxylation sites is 1. The van der Waals surface area contributed by atoms with Crippen LogP contribution in [0.4, 0.5) is 0 Å². The number of hydrogen-bond donors (Lipinski definition) is 2. The van der Waals surface area contributed by atoms with Crippen molar-refractivity contribution in [3.8, 4) is 5.69 Å². The molecule has 1 aromatic heterocycles. The van der Waals surface area contributed by atoms with Crippen molar-refractivity contribution in [1.82, 2.24) is 15.1 Å². The van der Waals surface area contributed by atoms with Gasteiger partial charge in [-0.25, -0.2) is 4.68 Å². The van der Waals surface area contributed by atoms with Crippen molar-refractivity contribution in [1.29, 1.82) is 0 Å². The Balaban J connectivity index is 1.74. The van der Waals surface area contributed by atoms with E-state index < -0.39 is 6.10 Å². The second-order valence-corrected chi connectivity index (χ2v) is 6.19. The van der Waals surface area contributed by atoms with E-state index in [9.17, 15) is 9.90 Å². The van der Waals surface area contributed by atoms with E-state index in [0.717, 1.165) is 22.5 Å². The molecule has 5 nitrogen and oxygen atoms in total. The lowest BCUT2D eigenvalue weighted by molar-refractivity contribution is 0.0915. The minimum Gasteiger partial charge on any atom is -0.387 e. The Morgan fingerprint density at radius 1 is 1.15 bits per heavy atom. The van der Waals surface area contributed by atoms with Crippen LogP contribution in [0.5, 0.6) is 0 Å². The molecular formula is C21H23N3O2. The topological polar surface area (TPSA) is 67.2 Å². The van der Waals surface area contributed by atoms with Crippen LogP contribution in [-0.4, -0.2) is 27.3 Å². The Morgan fingerprint density at radius 2 is 1.85 bits per heavy atom. The molecule has 1 unspecified atom stereocenters. The molecule has 1 amide bonds. The minimum atomic E-state index is -0.741. The Bertz CT molecular complexity index is 887. The number of benzene rings is 2. The number of amides is 1. The summed E-state index contributed by atoms with van der Waals surface area (Å²) >= 11 is 0. The predicted molar refractivity (Wildman–Crippen MR) is 101 cm³/mol. The fourth-order valence-electron chi connectivity index (χ4n) is 3.05. The summed E-state index contributed by atoms with van der Waals surface area (Å²) in [6, 6.07) is 17.4. The van der Waals surface area contributed by atoms with Crippen molar-refractivity contribution in [2.24, 2.45) is 0 Å². The second-order valence-electron chi connectivity index (χ2n) is 6.19. The van der Waals surface area contributed by atoms with E-state index in [2.05, 4.69) is 10.4 Å². The molecule has 0 aliphatic carbocycles. The summed E-state index contributed by atoms with van der Waals surface area (Å²) in [5, 5.41) is 17.6. The van der Waals surface area contributed by atoms with Gasteiger partial charge in [0, 0.05) is 6.54 Å². The van der Waals surface area contributed by atoms with E-state index in [1.54, 1.807) is 10.9 Å². The van der Waals surface area contributed by atoms with Crippen LogP contribution in [0.1, 0.15) is 40.2 Å². The molecule has 0 aliphatic rings. The van der Waals surface area contributed by atoms with Gasteiger partial charge in [-0.15, -0.1) is 0 Å². The monoisotopic (exact) mass is 349 g/mol. The lowest BCUT2D eigenvalue weighted by Crippen LogP contribution is -2.29. The summed E-state index contributed by atoms with van der Waals surface area (Å²) in [6.07, 6.45) is 1.52. The molecule has 3 aromatic rings. The molecule has 1 heterocycles. The number of aliphatic hydroxyl groups excluding tert-OH is 1. The van der Waals surface area contributed by atoms with Crippen LogP contribution >= 0.6 is 0 Å². The first-order chi connectivity index (χ1) is 12.6. The summed E-state index contributed by atoms with van der Waals surface area (Å²) in [5.41, 5.74) is 4.12. The summed E-state index contributed by atoms with van der Waals surface area (Å²) in [7, 11) is 0. The van der Waals surface area contributed by atoms with E-state index in [1.807, 2.05) is 68.4 Å². The maximum absolute atomic E-state index is 12.6. The van der Waals surface area contributed by atoms with Crippen LogP contribution in [0.3, 0.4) is 0 Å². The number of aryl methyl sites for hydroxylation is 1. The molecule has 0 bridgehead atoms. The standard InChI is InChI=1S/C21H23N3O2/c1-3-19-18(13-23-24(19)16-10-5-4-6-11-16)21(26)22-14-20(25)17-12-8-7-9-15(17)2/h4-13,20,25H,3,14H2,1-2H3,(H,22,26). The zero-order chi connectivity index (χ0) is 18.5. The molecule has 0 spiro atoms. The maximum Gasteiger partial charge on any atom is 0.254 e. The molecule has 2 aromatic carbocycles. The lowest BCUT2D eigenvalue weighted by atomic mass is 10.0. The molecule has 26 heavy (non-hydrogen) atoms. The number of aromatic nitrogens is 2. The van der Waals surface area contributed by atoms with Gasteiger partial charge in [0.25, 0.3) is 5.91 Å². The van der Waals surface area contributed by atoms with Crippen molar-refractivity contribution in [3.05, 3.63) is 83.2 Å². The number of aliphatic hydroxyl groups is 1. The van der Waals surface area contributed by atoms with Gasteiger partial charge in [0.05, 0.1) is 29.2 Å².